The summed E-state index contributed by atoms with van der Waals surface area (Å²) >= 11 is 0. The van der Waals surface area contributed by atoms with Crippen molar-refractivity contribution in [1.29, 1.82) is 5.41 Å². The van der Waals surface area contributed by atoms with Gasteiger partial charge in [-0.05, 0) is 23.6 Å². The molecule has 1 unspecified atom stereocenters. The van der Waals surface area contributed by atoms with Crippen molar-refractivity contribution in [2.24, 2.45) is 5.73 Å². The van der Waals surface area contributed by atoms with Gasteiger partial charge in [-0.25, -0.2) is 4.98 Å². The third-order valence-electron chi connectivity index (χ3n) is 3.00. The Kier molecular flexibility index (Phi) is 5.67. The number of hydrogen-bond acceptors (Lipinski definition) is 6. The summed E-state index contributed by atoms with van der Waals surface area (Å²) in [5.74, 6) is 0.654. The summed E-state index contributed by atoms with van der Waals surface area (Å²) in [7, 11) is -1.96. The SMILES string of the molecule is C[C@H](Cn1cnc(C(=N)N)c1N)OC[P+](=O)Oc1ccccc1. The topological polar surface area (TPSA) is 129 Å². The lowest BCUT2D eigenvalue weighted by Gasteiger charge is -2.11. The van der Waals surface area contributed by atoms with E-state index in [2.05, 4.69) is 4.98 Å². The van der Waals surface area contributed by atoms with Crippen molar-refractivity contribution in [2.75, 3.05) is 12.1 Å². The third kappa shape index (κ3) is 4.77. The Hall–Kier alpha value is -2.44. The van der Waals surface area contributed by atoms with Gasteiger partial charge in [-0.1, -0.05) is 18.2 Å². The van der Waals surface area contributed by atoms with E-state index >= 15 is 0 Å². The first kappa shape index (κ1) is 16.9. The van der Waals surface area contributed by atoms with Crippen molar-refractivity contribution in [3.8, 4) is 5.75 Å². The molecule has 0 saturated carbocycles. The van der Waals surface area contributed by atoms with Crippen LogP contribution in [0.25, 0.3) is 0 Å². The zero-order chi connectivity index (χ0) is 16.8. The van der Waals surface area contributed by atoms with Gasteiger partial charge < -0.3 is 20.8 Å². The number of aromatic nitrogens is 2. The van der Waals surface area contributed by atoms with Crippen LogP contribution < -0.4 is 16.0 Å². The van der Waals surface area contributed by atoms with Crippen LogP contribution in [0.15, 0.2) is 36.7 Å². The Balaban J connectivity index is 1.82. The molecule has 0 aliphatic rings. The number of amidine groups is 1. The molecule has 9 heteroatoms. The Morgan fingerprint density at radius 2 is 2.13 bits per heavy atom. The van der Waals surface area contributed by atoms with E-state index in [1.165, 1.54) is 6.33 Å². The molecule has 5 N–H and O–H groups in total. The lowest BCUT2D eigenvalue weighted by Crippen LogP contribution is -2.19. The van der Waals surface area contributed by atoms with E-state index in [0.29, 0.717) is 18.1 Å². The first-order chi connectivity index (χ1) is 11.0. The summed E-state index contributed by atoms with van der Waals surface area (Å²) in [5, 5.41) is 7.35. The average Bonchev–Trinajstić information content (AvgIpc) is 2.87. The minimum Gasteiger partial charge on any atom is -0.383 e. The molecule has 1 aromatic carbocycles. The smallest absolute Gasteiger partial charge is 0.383 e. The van der Waals surface area contributed by atoms with E-state index in [9.17, 15) is 4.57 Å². The molecule has 0 radical (unpaired) electrons. The molecular weight excluding hydrogens is 317 g/mol. The van der Waals surface area contributed by atoms with Gasteiger partial charge in [0.05, 0.1) is 19.0 Å². The minimum atomic E-state index is -1.96. The molecule has 0 aliphatic carbocycles. The number of para-hydroxylation sites is 1. The Labute approximate surface area is 134 Å². The fraction of sp³-hybridized carbons (Fsp3) is 0.286. The predicted molar refractivity (Wildman–Crippen MR) is 87.7 cm³/mol. The van der Waals surface area contributed by atoms with Crippen molar-refractivity contribution in [3.63, 3.8) is 0 Å². The second-order valence-electron chi connectivity index (χ2n) is 4.89. The van der Waals surface area contributed by atoms with Crippen LogP contribution in [0.4, 0.5) is 5.82 Å². The van der Waals surface area contributed by atoms with Crippen molar-refractivity contribution in [1.82, 2.24) is 9.55 Å². The Bertz CT molecular complexity index is 689. The number of rotatable bonds is 8. The number of nitrogen functional groups attached to an aromatic ring is 2. The normalized spacial score (nSPS) is 12.7. The van der Waals surface area contributed by atoms with E-state index in [0.717, 1.165) is 0 Å². The molecule has 2 atom stereocenters. The summed E-state index contributed by atoms with van der Waals surface area (Å²) < 4.78 is 24.3. The number of hydrogen-bond donors (Lipinski definition) is 3. The summed E-state index contributed by atoms with van der Waals surface area (Å²) in [6.07, 6.45) is 1.20. The highest BCUT2D eigenvalue weighted by molar-refractivity contribution is 7.39. The number of nitrogens with zero attached hydrogens (tertiary/aromatic N) is 2. The van der Waals surface area contributed by atoms with Crippen molar-refractivity contribution in [3.05, 3.63) is 42.4 Å². The van der Waals surface area contributed by atoms with Crippen LogP contribution in [0.2, 0.25) is 0 Å². The molecule has 0 amide bonds. The number of imidazole rings is 1. The predicted octanol–water partition coefficient (Wildman–Crippen LogP) is 1.93. The van der Waals surface area contributed by atoms with E-state index in [1.54, 1.807) is 28.8 Å². The molecule has 0 saturated heterocycles. The first-order valence-electron chi connectivity index (χ1n) is 6.91. The number of benzene rings is 1. The van der Waals surface area contributed by atoms with Crippen LogP contribution in [0.5, 0.6) is 5.75 Å². The van der Waals surface area contributed by atoms with Gasteiger partial charge in [0.2, 0.25) is 0 Å². The zero-order valence-electron chi connectivity index (χ0n) is 12.7. The highest BCUT2D eigenvalue weighted by Crippen LogP contribution is 2.27. The molecule has 122 valence electrons. The van der Waals surface area contributed by atoms with Gasteiger partial charge >= 0.3 is 8.03 Å². The van der Waals surface area contributed by atoms with Crippen molar-refractivity contribution in [2.45, 2.75) is 19.6 Å². The van der Waals surface area contributed by atoms with Crippen LogP contribution >= 0.6 is 8.03 Å². The minimum absolute atomic E-state index is 0.0282. The van der Waals surface area contributed by atoms with E-state index in [4.69, 9.17) is 26.1 Å². The second-order valence-corrected chi connectivity index (χ2v) is 5.99. The fourth-order valence-electron chi connectivity index (χ4n) is 1.89. The van der Waals surface area contributed by atoms with Gasteiger partial charge in [-0.2, -0.15) is 0 Å². The third-order valence-corrected chi connectivity index (χ3v) is 3.78. The molecule has 0 fully saturated rings. The van der Waals surface area contributed by atoms with E-state index in [-0.39, 0.29) is 24.0 Å². The Morgan fingerprint density at radius 1 is 1.43 bits per heavy atom. The number of nitrogens with one attached hydrogen (secondary N) is 1. The van der Waals surface area contributed by atoms with Crippen molar-refractivity contribution < 1.29 is 13.8 Å². The van der Waals surface area contributed by atoms with E-state index in [1.807, 2.05) is 13.0 Å². The number of nitrogens with two attached hydrogens (primary N) is 2. The van der Waals surface area contributed by atoms with Gasteiger partial charge in [0.1, 0.15) is 17.3 Å². The molecule has 0 bridgehead atoms. The standard InChI is InChI=1S/C14H19N5O3P/c1-10(7-19-8-18-12(13(15)16)14(19)17)21-9-23(20)22-11-5-3-2-4-6-11/h2-6,8,10H,7,9,17H2,1H3,(H3,15,16)/q+1/t10-/m1/s1. The van der Waals surface area contributed by atoms with Gasteiger partial charge in [-0.15, -0.1) is 0 Å². The maximum Gasteiger partial charge on any atom is 0.585 e. The van der Waals surface area contributed by atoms with E-state index < -0.39 is 8.03 Å². The lowest BCUT2D eigenvalue weighted by molar-refractivity contribution is 0.0849. The van der Waals surface area contributed by atoms with Crippen LogP contribution in [-0.2, 0) is 15.8 Å². The molecule has 0 spiro atoms. The quantitative estimate of drug-likeness (QED) is 0.384. The van der Waals surface area contributed by atoms with Gasteiger partial charge in [0.25, 0.3) is 6.35 Å². The molecule has 2 aromatic rings. The molecule has 1 aromatic heterocycles. The van der Waals surface area contributed by atoms with Gasteiger partial charge in [0.15, 0.2) is 5.75 Å². The zero-order valence-corrected chi connectivity index (χ0v) is 13.6. The summed E-state index contributed by atoms with van der Waals surface area (Å²) in [5.41, 5.74) is 11.5. The maximum atomic E-state index is 11.8. The van der Waals surface area contributed by atoms with Crippen LogP contribution in [0.1, 0.15) is 12.6 Å². The molecule has 23 heavy (non-hydrogen) atoms. The highest BCUT2D eigenvalue weighted by atomic mass is 31.1. The first-order valence-corrected chi connectivity index (χ1v) is 8.28. The summed E-state index contributed by atoms with van der Waals surface area (Å²) in [4.78, 5) is 3.97. The molecule has 0 aliphatic heterocycles. The summed E-state index contributed by atoms with van der Waals surface area (Å²) in [6.45, 7) is 2.22. The van der Waals surface area contributed by atoms with Crippen LogP contribution in [0, 0.1) is 5.41 Å². The van der Waals surface area contributed by atoms with Crippen molar-refractivity contribution >= 4 is 19.7 Å². The van der Waals surface area contributed by atoms with Gasteiger partial charge in [-0.3, -0.25) is 9.93 Å². The second kappa shape index (κ2) is 7.71. The lowest BCUT2D eigenvalue weighted by atomic mass is 10.3. The molecular formula is C14H19N5O3P+. The molecule has 8 nitrogen and oxygen atoms in total. The highest BCUT2D eigenvalue weighted by Gasteiger charge is 2.21. The van der Waals surface area contributed by atoms with Crippen LogP contribution in [0.3, 0.4) is 0 Å². The molecule has 2 rings (SSSR count). The largest absolute Gasteiger partial charge is 0.585 e. The molecule has 1 heterocycles. The maximum absolute atomic E-state index is 11.8. The fourth-order valence-corrected chi connectivity index (χ4v) is 2.67. The van der Waals surface area contributed by atoms with Gasteiger partial charge in [0, 0.05) is 0 Å². The van der Waals surface area contributed by atoms with Crippen LogP contribution in [-0.4, -0.2) is 27.8 Å². The number of ether oxygens (including phenoxy) is 1. The Morgan fingerprint density at radius 3 is 2.74 bits per heavy atom. The monoisotopic (exact) mass is 336 g/mol. The average molecular weight is 336 g/mol. The number of anilines is 1. The summed E-state index contributed by atoms with van der Waals surface area (Å²) in [6, 6.07) is 8.91.